The first-order chi connectivity index (χ1) is 11.0. The van der Waals surface area contributed by atoms with Crippen molar-refractivity contribution in [3.8, 4) is 11.5 Å². The molecule has 0 atom stereocenters. The van der Waals surface area contributed by atoms with Crippen LogP contribution in [0.1, 0.15) is 11.3 Å². The van der Waals surface area contributed by atoms with Crippen LogP contribution in [0.15, 0.2) is 22.6 Å². The molecule has 0 saturated heterocycles. The van der Waals surface area contributed by atoms with E-state index >= 15 is 0 Å². The maximum Gasteiger partial charge on any atom is 0.341 e. The first kappa shape index (κ1) is 17.5. The number of nitrogens with zero attached hydrogens (tertiary/aromatic N) is 2. The van der Waals surface area contributed by atoms with Crippen LogP contribution in [-0.2, 0) is 4.79 Å². The number of rotatable bonds is 7. The van der Waals surface area contributed by atoms with Gasteiger partial charge in [0.25, 0.3) is 0 Å². The molecule has 1 aromatic carbocycles. The summed E-state index contributed by atoms with van der Waals surface area (Å²) in [6.07, 6.45) is 1.63. The SMILES string of the molecule is COc1cc(C=NNc2nc(C)cs2)cc(I)c1OCC(=O)O. The Morgan fingerprint density at radius 1 is 1.57 bits per heavy atom. The number of anilines is 1. The fraction of sp³-hybridized carbons (Fsp3) is 0.214. The molecule has 9 heteroatoms. The Kier molecular flexibility index (Phi) is 6.16. The lowest BCUT2D eigenvalue weighted by Gasteiger charge is -2.12. The summed E-state index contributed by atoms with van der Waals surface area (Å²) in [5.41, 5.74) is 4.57. The van der Waals surface area contributed by atoms with Crippen LogP contribution in [-0.4, -0.2) is 36.0 Å². The quantitative estimate of drug-likeness (QED) is 0.385. The summed E-state index contributed by atoms with van der Waals surface area (Å²) in [6.45, 7) is 1.49. The molecule has 0 aliphatic rings. The maximum absolute atomic E-state index is 10.6. The van der Waals surface area contributed by atoms with Gasteiger partial charge in [-0.3, -0.25) is 5.43 Å². The van der Waals surface area contributed by atoms with Gasteiger partial charge in [-0.1, -0.05) is 0 Å². The molecule has 0 radical (unpaired) electrons. The number of methoxy groups -OCH3 is 1. The van der Waals surface area contributed by atoms with Gasteiger partial charge in [-0.15, -0.1) is 11.3 Å². The number of aliphatic carboxylic acids is 1. The van der Waals surface area contributed by atoms with E-state index in [9.17, 15) is 4.79 Å². The molecule has 7 nitrogen and oxygen atoms in total. The molecule has 2 rings (SSSR count). The predicted octanol–water partition coefficient (Wildman–Crippen LogP) is 2.97. The van der Waals surface area contributed by atoms with Crippen LogP contribution >= 0.6 is 33.9 Å². The van der Waals surface area contributed by atoms with E-state index in [-0.39, 0.29) is 0 Å². The average molecular weight is 447 g/mol. The first-order valence-corrected chi connectivity index (χ1v) is 8.38. The largest absolute Gasteiger partial charge is 0.493 e. The van der Waals surface area contributed by atoms with Crippen molar-refractivity contribution < 1.29 is 19.4 Å². The number of carboxylic acids is 1. The van der Waals surface area contributed by atoms with Gasteiger partial charge < -0.3 is 14.6 Å². The summed E-state index contributed by atoms with van der Waals surface area (Å²) >= 11 is 3.53. The molecule has 1 aromatic heterocycles. The van der Waals surface area contributed by atoms with E-state index in [2.05, 4.69) is 38.1 Å². The summed E-state index contributed by atoms with van der Waals surface area (Å²) in [5.74, 6) is -0.197. The Bertz CT molecular complexity index is 733. The Morgan fingerprint density at radius 3 is 2.96 bits per heavy atom. The first-order valence-electron chi connectivity index (χ1n) is 6.43. The number of thiazole rings is 1. The van der Waals surface area contributed by atoms with Crippen molar-refractivity contribution in [1.29, 1.82) is 0 Å². The molecule has 0 aliphatic carbocycles. The third kappa shape index (κ3) is 5.06. The topological polar surface area (TPSA) is 93.0 Å². The van der Waals surface area contributed by atoms with E-state index in [0.717, 1.165) is 14.8 Å². The molecule has 23 heavy (non-hydrogen) atoms. The molecule has 122 valence electrons. The summed E-state index contributed by atoms with van der Waals surface area (Å²) in [6, 6.07) is 3.54. The molecule has 0 fully saturated rings. The van der Waals surface area contributed by atoms with Crippen LogP contribution in [0.4, 0.5) is 5.13 Å². The van der Waals surface area contributed by atoms with E-state index < -0.39 is 12.6 Å². The molecule has 2 aromatic rings. The van der Waals surface area contributed by atoms with Crippen molar-refractivity contribution in [1.82, 2.24) is 4.98 Å². The van der Waals surface area contributed by atoms with Crippen molar-refractivity contribution in [2.24, 2.45) is 5.10 Å². The van der Waals surface area contributed by atoms with Gasteiger partial charge in [0.2, 0.25) is 5.13 Å². The molecule has 0 aliphatic heterocycles. The lowest BCUT2D eigenvalue weighted by molar-refractivity contribution is -0.139. The highest BCUT2D eigenvalue weighted by molar-refractivity contribution is 14.1. The van der Waals surface area contributed by atoms with Crippen LogP contribution in [0.25, 0.3) is 0 Å². The van der Waals surface area contributed by atoms with Gasteiger partial charge >= 0.3 is 5.97 Å². The number of hydrogen-bond donors (Lipinski definition) is 2. The van der Waals surface area contributed by atoms with Gasteiger partial charge in [-0.05, 0) is 47.2 Å². The van der Waals surface area contributed by atoms with Crippen LogP contribution in [0, 0.1) is 10.5 Å². The standard InChI is InChI=1S/C14H14IN3O4S/c1-8-7-23-14(17-8)18-16-5-9-3-10(15)13(11(4-9)21-2)22-6-12(19)20/h3-5,7H,6H2,1-2H3,(H,17,18)(H,19,20). The minimum absolute atomic E-state index is 0.399. The molecule has 0 bridgehead atoms. The van der Waals surface area contributed by atoms with Crippen LogP contribution < -0.4 is 14.9 Å². The van der Waals surface area contributed by atoms with Gasteiger partial charge in [0, 0.05) is 5.38 Å². The van der Waals surface area contributed by atoms with E-state index in [1.165, 1.54) is 18.4 Å². The number of benzene rings is 1. The maximum atomic E-state index is 10.6. The van der Waals surface area contributed by atoms with Crippen molar-refractivity contribution in [2.45, 2.75) is 6.92 Å². The second kappa shape index (κ2) is 8.11. The molecule has 0 spiro atoms. The highest BCUT2D eigenvalue weighted by Crippen LogP contribution is 2.33. The highest BCUT2D eigenvalue weighted by atomic mass is 127. The number of hydrazone groups is 1. The Labute approximate surface area is 150 Å². The fourth-order valence-corrected chi connectivity index (χ4v) is 3.07. The van der Waals surface area contributed by atoms with Gasteiger partial charge in [0.1, 0.15) is 0 Å². The molecule has 2 N–H and O–H groups in total. The van der Waals surface area contributed by atoms with E-state index in [0.29, 0.717) is 16.6 Å². The summed E-state index contributed by atoms with van der Waals surface area (Å²) in [7, 11) is 1.50. The lowest BCUT2D eigenvalue weighted by Crippen LogP contribution is -2.11. The van der Waals surface area contributed by atoms with E-state index in [1.807, 2.05) is 18.4 Å². The van der Waals surface area contributed by atoms with Crippen LogP contribution in [0.3, 0.4) is 0 Å². The molecular formula is C14H14IN3O4S. The number of halogens is 1. The number of hydrogen-bond acceptors (Lipinski definition) is 7. The zero-order chi connectivity index (χ0) is 16.8. The van der Waals surface area contributed by atoms with Gasteiger partial charge in [0.15, 0.2) is 18.1 Å². The Hall–Kier alpha value is -1.88. The average Bonchev–Trinajstić information content (AvgIpc) is 2.91. The zero-order valence-electron chi connectivity index (χ0n) is 12.4. The molecule has 0 amide bonds. The lowest BCUT2D eigenvalue weighted by atomic mass is 10.2. The summed E-state index contributed by atoms with van der Waals surface area (Å²) < 4.78 is 11.2. The molecule has 0 saturated carbocycles. The van der Waals surface area contributed by atoms with E-state index in [4.69, 9.17) is 14.6 Å². The molecule has 1 heterocycles. The number of ether oxygens (including phenoxy) is 2. The van der Waals surface area contributed by atoms with Crippen LogP contribution in [0.2, 0.25) is 0 Å². The minimum Gasteiger partial charge on any atom is -0.493 e. The Morgan fingerprint density at radius 2 is 2.35 bits per heavy atom. The third-order valence-corrected chi connectivity index (χ3v) is 4.25. The normalized spacial score (nSPS) is 10.7. The van der Waals surface area contributed by atoms with Gasteiger partial charge in [0.05, 0.1) is 22.6 Å². The van der Waals surface area contributed by atoms with Crippen LogP contribution in [0.5, 0.6) is 11.5 Å². The summed E-state index contributed by atoms with van der Waals surface area (Å²) in [4.78, 5) is 14.9. The monoisotopic (exact) mass is 447 g/mol. The number of aromatic nitrogens is 1. The van der Waals surface area contributed by atoms with Crippen molar-refractivity contribution >= 4 is 51.2 Å². The summed E-state index contributed by atoms with van der Waals surface area (Å²) in [5, 5.41) is 15.5. The minimum atomic E-state index is -1.04. The van der Waals surface area contributed by atoms with Gasteiger partial charge in [-0.25, -0.2) is 9.78 Å². The highest BCUT2D eigenvalue weighted by Gasteiger charge is 2.12. The second-order valence-corrected chi connectivity index (χ2v) is 6.40. The zero-order valence-corrected chi connectivity index (χ0v) is 15.3. The number of aryl methyl sites for hydroxylation is 1. The van der Waals surface area contributed by atoms with Crippen molar-refractivity contribution in [3.63, 3.8) is 0 Å². The van der Waals surface area contributed by atoms with Crippen molar-refractivity contribution in [3.05, 3.63) is 32.3 Å². The second-order valence-electron chi connectivity index (χ2n) is 4.38. The Balaban J connectivity index is 2.13. The van der Waals surface area contributed by atoms with Crippen molar-refractivity contribution in [2.75, 3.05) is 19.1 Å². The predicted molar refractivity (Wildman–Crippen MR) is 96.9 cm³/mol. The van der Waals surface area contributed by atoms with Gasteiger partial charge in [-0.2, -0.15) is 5.10 Å². The number of carboxylic acid groups (broad SMARTS) is 1. The smallest absolute Gasteiger partial charge is 0.341 e. The molecule has 0 unspecified atom stereocenters. The molecular weight excluding hydrogens is 433 g/mol. The third-order valence-electron chi connectivity index (χ3n) is 2.58. The number of carbonyl (C=O) groups is 1. The fourth-order valence-electron chi connectivity index (χ4n) is 1.66. The van der Waals surface area contributed by atoms with E-state index in [1.54, 1.807) is 12.3 Å². The number of nitrogens with one attached hydrogen (secondary N) is 1.